The van der Waals surface area contributed by atoms with Crippen molar-refractivity contribution in [3.63, 3.8) is 0 Å². The van der Waals surface area contributed by atoms with E-state index in [1.54, 1.807) is 0 Å². The van der Waals surface area contributed by atoms with Gasteiger partial charge in [0.05, 0.1) is 28.5 Å². The molecule has 0 saturated carbocycles. The number of carbonyl (C=O) groups excluding carboxylic acids is 2. The second kappa shape index (κ2) is 9.44. The summed E-state index contributed by atoms with van der Waals surface area (Å²) in [6.45, 7) is 3.72. The smallest absolute Gasteiger partial charge is 0.326 e. The van der Waals surface area contributed by atoms with Gasteiger partial charge < -0.3 is 31.1 Å². The molecule has 4 aliphatic rings. The van der Waals surface area contributed by atoms with E-state index < -0.39 is 6.10 Å². The molecule has 0 radical (unpaired) electrons. The number of piperidine rings is 1. The second-order valence-corrected chi connectivity index (χ2v) is 10.7. The van der Waals surface area contributed by atoms with Crippen molar-refractivity contribution in [2.75, 3.05) is 24.5 Å². The molecule has 3 unspecified atom stereocenters. The van der Waals surface area contributed by atoms with Crippen LogP contribution in [0.2, 0.25) is 0 Å². The number of hydrogen-bond acceptors (Lipinski definition) is 7. The van der Waals surface area contributed by atoms with E-state index >= 15 is 0 Å². The Kier molecular flexibility index (Phi) is 6.12. The second-order valence-electron chi connectivity index (χ2n) is 9.59. The number of hydrogen-bond donors (Lipinski definition) is 5. The third kappa shape index (κ3) is 4.13. The SMILES string of the molecule is Cc1cc(Oc2ccccc2)ccc1N1C(=O)NC2=C(C(=O)N[C@H]3CNC[C@H]3O)SC3NCCC1C23. The molecule has 9 nitrogen and oxygen atoms in total. The van der Waals surface area contributed by atoms with Crippen LogP contribution in [0.1, 0.15) is 12.0 Å². The first kappa shape index (κ1) is 23.4. The molecule has 5 N–H and O–H groups in total. The number of β-amino-alcohol motifs (C(OH)–C–C–N with tert-alkyl or cyclic N) is 1. The zero-order valence-corrected chi connectivity index (χ0v) is 20.7. The molecular formula is C26H29N5O4S. The van der Waals surface area contributed by atoms with Crippen molar-refractivity contribution >= 4 is 29.4 Å². The van der Waals surface area contributed by atoms with Crippen LogP contribution >= 0.6 is 11.8 Å². The maximum absolute atomic E-state index is 13.5. The Morgan fingerprint density at radius 1 is 1.17 bits per heavy atom. The molecule has 4 aliphatic heterocycles. The van der Waals surface area contributed by atoms with Crippen molar-refractivity contribution in [1.29, 1.82) is 0 Å². The van der Waals surface area contributed by atoms with Crippen LogP contribution in [-0.4, -0.2) is 60.2 Å². The lowest BCUT2D eigenvalue weighted by molar-refractivity contribution is -0.118. The fourth-order valence-electron chi connectivity index (χ4n) is 5.53. The summed E-state index contributed by atoms with van der Waals surface area (Å²) < 4.78 is 5.98. The van der Waals surface area contributed by atoms with Crippen LogP contribution in [-0.2, 0) is 4.79 Å². The Hall–Kier alpha value is -3.05. The van der Waals surface area contributed by atoms with Crippen molar-refractivity contribution in [2.24, 2.45) is 5.92 Å². The van der Waals surface area contributed by atoms with Crippen LogP contribution in [0.15, 0.2) is 59.1 Å². The van der Waals surface area contributed by atoms with Gasteiger partial charge in [0.15, 0.2) is 0 Å². The van der Waals surface area contributed by atoms with Gasteiger partial charge in [0.25, 0.3) is 5.91 Å². The number of aliphatic hydroxyl groups is 1. The number of carbonyl (C=O) groups is 2. The summed E-state index contributed by atoms with van der Waals surface area (Å²) in [5.41, 5.74) is 2.45. The first-order chi connectivity index (χ1) is 17.5. The number of aliphatic hydroxyl groups excluding tert-OH is 1. The fourth-order valence-corrected chi connectivity index (χ4v) is 6.93. The summed E-state index contributed by atoms with van der Waals surface area (Å²) in [4.78, 5) is 29.0. The van der Waals surface area contributed by atoms with Gasteiger partial charge in [-0.05, 0) is 55.8 Å². The summed E-state index contributed by atoms with van der Waals surface area (Å²) in [5.74, 6) is 1.19. The number of anilines is 1. The topological polar surface area (TPSA) is 115 Å². The molecule has 3 amide bonds. The number of ether oxygens (including phenoxy) is 1. The largest absolute Gasteiger partial charge is 0.457 e. The van der Waals surface area contributed by atoms with E-state index in [1.165, 1.54) is 11.8 Å². The Balaban J connectivity index is 1.26. The van der Waals surface area contributed by atoms with Crippen molar-refractivity contribution < 1.29 is 19.4 Å². The zero-order valence-electron chi connectivity index (χ0n) is 19.9. The highest BCUT2D eigenvalue weighted by Gasteiger charge is 2.52. The normalized spacial score (nSPS) is 29.1. The first-order valence-electron chi connectivity index (χ1n) is 12.3. The zero-order chi connectivity index (χ0) is 24.8. The summed E-state index contributed by atoms with van der Waals surface area (Å²) in [5, 5.41) is 22.7. The molecule has 4 heterocycles. The van der Waals surface area contributed by atoms with E-state index in [9.17, 15) is 14.7 Å². The Morgan fingerprint density at radius 2 is 2.00 bits per heavy atom. The van der Waals surface area contributed by atoms with Gasteiger partial charge in [-0.1, -0.05) is 30.0 Å². The van der Waals surface area contributed by atoms with Crippen molar-refractivity contribution in [2.45, 2.75) is 36.9 Å². The first-order valence-corrected chi connectivity index (χ1v) is 13.1. The minimum Gasteiger partial charge on any atom is -0.457 e. The lowest BCUT2D eigenvalue weighted by Gasteiger charge is -2.46. The number of nitrogens with one attached hydrogen (secondary N) is 4. The summed E-state index contributed by atoms with van der Waals surface area (Å²) in [6, 6.07) is 14.7. The highest BCUT2D eigenvalue weighted by molar-refractivity contribution is 8.04. The van der Waals surface area contributed by atoms with Gasteiger partial charge in [-0.2, -0.15) is 0 Å². The van der Waals surface area contributed by atoms with E-state index in [1.807, 2.05) is 60.4 Å². The lowest BCUT2D eigenvalue weighted by atomic mass is 9.86. The van der Waals surface area contributed by atoms with Crippen LogP contribution in [0, 0.1) is 12.8 Å². The van der Waals surface area contributed by atoms with Crippen LogP contribution in [0.5, 0.6) is 11.5 Å². The van der Waals surface area contributed by atoms with Crippen LogP contribution < -0.4 is 30.9 Å². The molecule has 3 fully saturated rings. The van der Waals surface area contributed by atoms with Crippen LogP contribution in [0.4, 0.5) is 10.5 Å². The number of benzene rings is 2. The van der Waals surface area contributed by atoms with E-state index in [-0.39, 0.29) is 35.3 Å². The molecule has 6 rings (SSSR count). The number of thioether (sulfide) groups is 1. The lowest BCUT2D eigenvalue weighted by Crippen LogP contribution is -2.62. The average Bonchev–Trinajstić information content (AvgIpc) is 3.45. The molecule has 0 bridgehead atoms. The number of aryl methyl sites for hydroxylation is 1. The Labute approximate surface area is 213 Å². The average molecular weight is 508 g/mol. The van der Waals surface area contributed by atoms with Crippen LogP contribution in [0.3, 0.4) is 0 Å². The number of para-hydroxylation sites is 1. The van der Waals surface area contributed by atoms with Gasteiger partial charge in [-0.15, -0.1) is 0 Å². The van der Waals surface area contributed by atoms with Crippen LogP contribution in [0.25, 0.3) is 0 Å². The van der Waals surface area contributed by atoms with Gasteiger partial charge >= 0.3 is 6.03 Å². The van der Waals surface area contributed by atoms with Gasteiger partial charge in [0, 0.05) is 30.4 Å². The van der Waals surface area contributed by atoms with E-state index in [2.05, 4.69) is 21.3 Å². The van der Waals surface area contributed by atoms with Gasteiger partial charge in [0.1, 0.15) is 11.5 Å². The van der Waals surface area contributed by atoms with E-state index in [4.69, 9.17) is 4.74 Å². The minimum atomic E-state index is -0.618. The molecule has 0 aliphatic carbocycles. The Morgan fingerprint density at radius 3 is 2.75 bits per heavy atom. The number of amides is 3. The predicted octanol–water partition coefficient (Wildman–Crippen LogP) is 2.03. The van der Waals surface area contributed by atoms with E-state index in [0.29, 0.717) is 29.4 Å². The van der Waals surface area contributed by atoms with Crippen molar-refractivity contribution in [3.05, 3.63) is 64.7 Å². The molecule has 0 spiro atoms. The summed E-state index contributed by atoms with van der Waals surface area (Å²) in [7, 11) is 0. The molecule has 36 heavy (non-hydrogen) atoms. The monoisotopic (exact) mass is 507 g/mol. The van der Waals surface area contributed by atoms with Crippen molar-refractivity contribution in [1.82, 2.24) is 21.3 Å². The third-order valence-electron chi connectivity index (χ3n) is 7.25. The fraction of sp³-hybridized carbons (Fsp3) is 0.385. The van der Waals surface area contributed by atoms with Crippen molar-refractivity contribution in [3.8, 4) is 11.5 Å². The van der Waals surface area contributed by atoms with E-state index in [0.717, 1.165) is 30.0 Å². The number of urea groups is 1. The minimum absolute atomic E-state index is 0.00443. The summed E-state index contributed by atoms with van der Waals surface area (Å²) in [6.07, 6.45) is 0.160. The van der Waals surface area contributed by atoms with Gasteiger partial charge in [0.2, 0.25) is 0 Å². The standard InChI is InChI=1S/C26H29N5O4S/c1-14-11-16(35-15-5-3-2-4-6-15)7-8-18(14)31-19-9-10-28-25-21(19)22(30-26(31)34)23(36-25)24(33)29-17-12-27-13-20(17)32/h2-8,11,17,19-21,25,27-28,32H,9-10,12-13H2,1H3,(H,29,33)(H,30,34)/t17-,19?,20+,21?,25?/m0/s1. The molecule has 2 aromatic rings. The molecule has 2 aromatic carbocycles. The maximum Gasteiger partial charge on any atom is 0.326 e. The molecule has 0 aromatic heterocycles. The highest BCUT2D eigenvalue weighted by atomic mass is 32.2. The predicted molar refractivity (Wildman–Crippen MR) is 138 cm³/mol. The maximum atomic E-state index is 13.5. The third-order valence-corrected chi connectivity index (χ3v) is 8.61. The number of nitrogens with zero attached hydrogens (tertiary/aromatic N) is 1. The molecule has 188 valence electrons. The number of rotatable bonds is 5. The van der Waals surface area contributed by atoms with Gasteiger partial charge in [-0.3, -0.25) is 9.69 Å². The molecule has 3 saturated heterocycles. The Bertz CT molecular complexity index is 1220. The summed E-state index contributed by atoms with van der Waals surface area (Å²) >= 11 is 1.46. The van der Waals surface area contributed by atoms with Gasteiger partial charge in [-0.25, -0.2) is 4.79 Å². The quantitative estimate of drug-likeness (QED) is 0.421. The molecule has 10 heteroatoms. The highest BCUT2D eigenvalue weighted by Crippen LogP contribution is 2.48. The molecule has 5 atom stereocenters. The molecular weight excluding hydrogens is 478 g/mol.